The molecule has 15 heavy (non-hydrogen) atoms. The van der Waals surface area contributed by atoms with E-state index in [-0.39, 0.29) is 0 Å². The van der Waals surface area contributed by atoms with E-state index < -0.39 is 11.7 Å². The molecule has 0 aliphatic carbocycles. The fraction of sp³-hybridized carbons (Fsp3) is 0.333. The number of nitrogens with one attached hydrogen (secondary N) is 1. The highest BCUT2D eigenvalue weighted by Gasteiger charge is 2.06. The van der Waals surface area contributed by atoms with E-state index >= 15 is 0 Å². The number of Topliss-reactive ketones (excluding diaryl/α,β-unsaturated/α-hetero) is 1. The highest BCUT2D eigenvalue weighted by atomic mass is 16.2. The van der Waals surface area contributed by atoms with Gasteiger partial charge in [-0.1, -0.05) is 31.5 Å². The lowest BCUT2D eigenvalue weighted by Crippen LogP contribution is -2.19. The number of hydrogen-bond donors (Lipinski definition) is 1. The Morgan fingerprint density at radius 1 is 1.07 bits per heavy atom. The zero-order valence-electron chi connectivity index (χ0n) is 9.63. The fourth-order valence-corrected chi connectivity index (χ4v) is 0.856. The lowest BCUT2D eigenvalue weighted by molar-refractivity contribution is -0.133. The maximum atomic E-state index is 10.9. The van der Waals surface area contributed by atoms with E-state index in [1.54, 1.807) is 12.1 Å². The largest absolute Gasteiger partial charge is 0.319 e. The predicted octanol–water partition coefficient (Wildman–Crippen LogP) is 2.55. The van der Waals surface area contributed by atoms with Crippen molar-refractivity contribution in [3.05, 3.63) is 29.8 Å². The maximum Gasteiger partial charge on any atom is 0.291 e. The maximum absolute atomic E-state index is 10.9. The number of carbonyl (C=O) groups excluding carboxylic acids is 2. The highest BCUT2D eigenvalue weighted by molar-refractivity contribution is 6.39. The van der Waals surface area contributed by atoms with Gasteiger partial charge in [-0.3, -0.25) is 9.59 Å². The van der Waals surface area contributed by atoms with Crippen LogP contribution in [0, 0.1) is 6.92 Å². The Hall–Kier alpha value is -1.64. The molecular formula is C12H17NO2. The molecule has 0 bridgehead atoms. The Morgan fingerprint density at radius 2 is 1.53 bits per heavy atom. The molecule has 0 saturated carbocycles. The number of carbonyl (C=O) groups is 2. The summed E-state index contributed by atoms with van der Waals surface area (Å²) in [5.41, 5.74) is 1.76. The summed E-state index contributed by atoms with van der Waals surface area (Å²) in [5, 5.41) is 2.48. The Labute approximate surface area is 90.5 Å². The molecule has 0 unspecified atom stereocenters. The standard InChI is InChI=1S/C10H11NO2.C2H6/c1-7-3-5-9(6-4-7)11-10(13)8(2)12;1-2/h3-6H,1-2H3,(H,11,13);1-2H3. The first-order valence-corrected chi connectivity index (χ1v) is 4.98. The number of rotatable bonds is 2. The summed E-state index contributed by atoms with van der Waals surface area (Å²) in [6.07, 6.45) is 0. The Bertz CT molecular complexity index is 328. The van der Waals surface area contributed by atoms with Crippen LogP contribution in [-0.2, 0) is 9.59 Å². The van der Waals surface area contributed by atoms with Crippen LogP contribution in [0.25, 0.3) is 0 Å². The normalized spacial score (nSPS) is 8.53. The molecule has 0 aliphatic rings. The van der Waals surface area contributed by atoms with Gasteiger partial charge in [-0.25, -0.2) is 0 Å². The van der Waals surface area contributed by atoms with Crippen molar-refractivity contribution < 1.29 is 9.59 Å². The van der Waals surface area contributed by atoms with Gasteiger partial charge < -0.3 is 5.32 Å². The Morgan fingerprint density at radius 3 is 1.93 bits per heavy atom. The van der Waals surface area contributed by atoms with Gasteiger partial charge >= 0.3 is 0 Å². The molecule has 0 aromatic heterocycles. The van der Waals surface area contributed by atoms with E-state index in [4.69, 9.17) is 0 Å². The molecule has 3 heteroatoms. The summed E-state index contributed by atoms with van der Waals surface area (Å²) in [6, 6.07) is 7.26. The average molecular weight is 207 g/mol. The van der Waals surface area contributed by atoms with Crippen LogP contribution >= 0.6 is 0 Å². The third kappa shape index (κ3) is 4.96. The molecule has 0 spiro atoms. The second-order valence-electron chi connectivity index (χ2n) is 2.88. The minimum Gasteiger partial charge on any atom is -0.319 e. The summed E-state index contributed by atoms with van der Waals surface area (Å²) in [6.45, 7) is 7.19. The van der Waals surface area contributed by atoms with Gasteiger partial charge in [-0.15, -0.1) is 0 Å². The Kier molecular flexibility index (Phi) is 6.02. The van der Waals surface area contributed by atoms with Crippen molar-refractivity contribution >= 4 is 17.4 Å². The monoisotopic (exact) mass is 207 g/mol. The first-order chi connectivity index (χ1) is 7.09. The fourth-order valence-electron chi connectivity index (χ4n) is 0.856. The van der Waals surface area contributed by atoms with E-state index in [9.17, 15) is 9.59 Å². The smallest absolute Gasteiger partial charge is 0.291 e. The molecular weight excluding hydrogens is 190 g/mol. The average Bonchev–Trinajstić information content (AvgIpc) is 2.24. The van der Waals surface area contributed by atoms with E-state index in [1.165, 1.54) is 6.92 Å². The zero-order chi connectivity index (χ0) is 11.8. The van der Waals surface area contributed by atoms with Crippen molar-refractivity contribution in [1.29, 1.82) is 0 Å². The first-order valence-electron chi connectivity index (χ1n) is 4.98. The van der Waals surface area contributed by atoms with Gasteiger partial charge in [0, 0.05) is 12.6 Å². The van der Waals surface area contributed by atoms with Gasteiger partial charge in [0.2, 0.25) is 5.78 Å². The van der Waals surface area contributed by atoms with Crippen LogP contribution in [0.4, 0.5) is 5.69 Å². The van der Waals surface area contributed by atoms with Gasteiger partial charge in [0.15, 0.2) is 0 Å². The molecule has 82 valence electrons. The summed E-state index contributed by atoms with van der Waals surface area (Å²) in [7, 11) is 0. The SMILES string of the molecule is CC.CC(=O)C(=O)Nc1ccc(C)cc1. The van der Waals surface area contributed by atoms with Gasteiger partial charge in [-0.2, -0.15) is 0 Å². The van der Waals surface area contributed by atoms with Crippen molar-refractivity contribution in [2.24, 2.45) is 0 Å². The van der Waals surface area contributed by atoms with Crippen LogP contribution in [0.15, 0.2) is 24.3 Å². The number of amides is 1. The number of anilines is 1. The van der Waals surface area contributed by atoms with E-state index in [2.05, 4.69) is 5.32 Å². The summed E-state index contributed by atoms with van der Waals surface area (Å²) in [5.74, 6) is -1.07. The minimum absolute atomic E-state index is 0.486. The number of ketones is 1. The lowest BCUT2D eigenvalue weighted by Gasteiger charge is -2.01. The quantitative estimate of drug-likeness (QED) is 0.757. The third-order valence-corrected chi connectivity index (χ3v) is 1.63. The molecule has 0 atom stereocenters. The minimum atomic E-state index is -0.580. The lowest BCUT2D eigenvalue weighted by atomic mass is 10.2. The first kappa shape index (κ1) is 13.4. The summed E-state index contributed by atoms with van der Waals surface area (Å²) < 4.78 is 0. The molecule has 0 heterocycles. The molecule has 0 radical (unpaired) electrons. The molecule has 3 nitrogen and oxygen atoms in total. The second kappa shape index (κ2) is 6.76. The van der Waals surface area contributed by atoms with Crippen LogP contribution in [0.5, 0.6) is 0 Å². The van der Waals surface area contributed by atoms with Gasteiger partial charge in [0.1, 0.15) is 0 Å². The highest BCUT2D eigenvalue weighted by Crippen LogP contribution is 2.07. The van der Waals surface area contributed by atoms with Crippen LogP contribution < -0.4 is 5.32 Å². The van der Waals surface area contributed by atoms with Crippen molar-refractivity contribution in [3.63, 3.8) is 0 Å². The van der Waals surface area contributed by atoms with Crippen molar-refractivity contribution in [2.45, 2.75) is 27.7 Å². The predicted molar refractivity (Wildman–Crippen MR) is 61.8 cm³/mol. The topological polar surface area (TPSA) is 46.2 Å². The molecule has 1 N–H and O–H groups in total. The van der Waals surface area contributed by atoms with Crippen LogP contribution in [0.3, 0.4) is 0 Å². The van der Waals surface area contributed by atoms with Crippen LogP contribution in [0.2, 0.25) is 0 Å². The number of aryl methyl sites for hydroxylation is 1. The van der Waals surface area contributed by atoms with E-state index in [1.807, 2.05) is 32.9 Å². The van der Waals surface area contributed by atoms with E-state index in [0.29, 0.717) is 5.69 Å². The molecule has 0 saturated heterocycles. The molecule has 1 rings (SSSR count). The van der Waals surface area contributed by atoms with Gasteiger partial charge in [0.25, 0.3) is 5.91 Å². The van der Waals surface area contributed by atoms with Crippen LogP contribution in [-0.4, -0.2) is 11.7 Å². The van der Waals surface area contributed by atoms with Crippen LogP contribution in [0.1, 0.15) is 26.3 Å². The van der Waals surface area contributed by atoms with Crippen molar-refractivity contribution in [2.75, 3.05) is 5.32 Å². The van der Waals surface area contributed by atoms with Gasteiger partial charge in [0.05, 0.1) is 0 Å². The van der Waals surface area contributed by atoms with Crippen molar-refractivity contribution in [3.8, 4) is 0 Å². The zero-order valence-corrected chi connectivity index (χ0v) is 9.63. The molecule has 1 amide bonds. The molecule has 1 aromatic carbocycles. The molecule has 0 fully saturated rings. The summed E-state index contributed by atoms with van der Waals surface area (Å²) >= 11 is 0. The molecule has 0 aliphatic heterocycles. The third-order valence-electron chi connectivity index (χ3n) is 1.63. The van der Waals surface area contributed by atoms with E-state index in [0.717, 1.165) is 5.56 Å². The Balaban J connectivity index is 0.000000921. The van der Waals surface area contributed by atoms with Crippen molar-refractivity contribution in [1.82, 2.24) is 0 Å². The summed E-state index contributed by atoms with van der Waals surface area (Å²) in [4.78, 5) is 21.5. The molecule has 1 aromatic rings. The number of benzene rings is 1. The second-order valence-corrected chi connectivity index (χ2v) is 2.88. The van der Waals surface area contributed by atoms with Gasteiger partial charge in [-0.05, 0) is 19.1 Å². The number of hydrogen-bond acceptors (Lipinski definition) is 2.